The van der Waals surface area contributed by atoms with Gasteiger partial charge in [-0.1, -0.05) is 0 Å². The van der Waals surface area contributed by atoms with Crippen LogP contribution in [0.2, 0.25) is 0 Å². The van der Waals surface area contributed by atoms with Crippen molar-refractivity contribution in [1.29, 1.82) is 0 Å². The predicted molar refractivity (Wildman–Crippen MR) is 51.4 cm³/mol. The fourth-order valence-corrected chi connectivity index (χ4v) is 1.82. The minimum absolute atomic E-state index is 0.231. The van der Waals surface area contributed by atoms with Crippen LogP contribution in [0.3, 0.4) is 0 Å². The normalized spacial score (nSPS) is 11.9. The second-order valence-corrected chi connectivity index (χ2v) is 4.72. The maximum Gasteiger partial charge on any atom is 0.265 e. The van der Waals surface area contributed by atoms with Gasteiger partial charge in [0.25, 0.3) is 15.9 Å². The highest BCUT2D eigenvalue weighted by Crippen LogP contribution is 1.98. The van der Waals surface area contributed by atoms with Gasteiger partial charge in [0, 0.05) is 0 Å². The van der Waals surface area contributed by atoms with E-state index in [1.54, 1.807) is 0 Å². The summed E-state index contributed by atoms with van der Waals surface area (Å²) in [4.78, 5) is 0. The van der Waals surface area contributed by atoms with Crippen molar-refractivity contribution in [3.63, 3.8) is 0 Å². The first-order valence-electron chi connectivity index (χ1n) is 4.43. The summed E-state index contributed by atoms with van der Waals surface area (Å²) in [6, 6.07) is 0. The van der Waals surface area contributed by atoms with Crippen molar-refractivity contribution >= 4 is 10.1 Å². The summed E-state index contributed by atoms with van der Waals surface area (Å²) in [5, 5.41) is 0. The molecule has 0 bridgehead atoms. The summed E-state index contributed by atoms with van der Waals surface area (Å²) in [6.07, 6.45) is 4.08. The molecule has 1 heterocycles. The average Bonchev–Trinajstić information content (AvgIpc) is 2.41. The Hall–Kier alpha value is -0.880. The highest BCUT2D eigenvalue weighted by Gasteiger charge is 2.16. The molecule has 1 rings (SSSR count). The van der Waals surface area contributed by atoms with E-state index in [1.165, 1.54) is 0 Å². The molecule has 0 saturated carbocycles. The Labute approximate surface area is 83.7 Å². The van der Waals surface area contributed by atoms with E-state index >= 15 is 0 Å². The maximum absolute atomic E-state index is 10.6. The van der Waals surface area contributed by atoms with Gasteiger partial charge in [-0.15, -0.1) is 0 Å². The minimum Gasteiger partial charge on any atom is -0.286 e. The summed E-state index contributed by atoms with van der Waals surface area (Å²) in [5.74, 6) is 0.662. The van der Waals surface area contributed by atoms with Crippen molar-refractivity contribution in [2.45, 2.75) is 19.9 Å². The van der Waals surface area contributed by atoms with E-state index in [0.717, 1.165) is 12.4 Å². The van der Waals surface area contributed by atoms with Gasteiger partial charge < -0.3 is 0 Å². The van der Waals surface area contributed by atoms with Crippen LogP contribution in [0.1, 0.15) is 12.7 Å². The lowest BCUT2D eigenvalue weighted by Gasteiger charge is -1.98. The molecule has 6 heteroatoms. The van der Waals surface area contributed by atoms with Gasteiger partial charge in [0.2, 0.25) is 0 Å². The lowest BCUT2D eigenvalue weighted by atomic mass is 10.4. The molecule has 14 heavy (non-hydrogen) atoms. The molecule has 0 saturated heterocycles. The van der Waals surface area contributed by atoms with Gasteiger partial charge in [0.15, 0.2) is 0 Å². The van der Waals surface area contributed by atoms with Crippen molar-refractivity contribution in [1.82, 2.24) is 4.57 Å². The molecule has 1 aromatic heterocycles. The summed E-state index contributed by atoms with van der Waals surface area (Å²) in [6.45, 7) is 2.78. The average molecular weight is 219 g/mol. The monoisotopic (exact) mass is 219 g/mol. The number of nitrogens with zero attached hydrogens (tertiary/aromatic N) is 2. The quantitative estimate of drug-likeness (QED) is 0.561. The second kappa shape index (κ2) is 4.10. The van der Waals surface area contributed by atoms with Gasteiger partial charge in [0.1, 0.15) is 12.4 Å². The van der Waals surface area contributed by atoms with Crippen LogP contribution >= 0.6 is 0 Å². The van der Waals surface area contributed by atoms with E-state index in [9.17, 15) is 8.42 Å². The Morgan fingerprint density at radius 3 is 2.71 bits per heavy atom. The number of rotatable bonds is 4. The number of imidazole rings is 1. The van der Waals surface area contributed by atoms with Crippen molar-refractivity contribution in [2.24, 2.45) is 7.05 Å². The smallest absolute Gasteiger partial charge is 0.265 e. The van der Waals surface area contributed by atoms with E-state index in [2.05, 4.69) is 0 Å². The lowest BCUT2D eigenvalue weighted by molar-refractivity contribution is -0.678. The molecule has 0 aromatic carbocycles. The van der Waals surface area contributed by atoms with Crippen LogP contribution in [-0.4, -0.2) is 23.3 Å². The summed E-state index contributed by atoms with van der Waals surface area (Å²) in [5.41, 5.74) is 0. The SMILES string of the molecule is CCn1cc[n+](C)c1CCS(=O)(=O)O. The number of aromatic nitrogens is 2. The Balaban J connectivity index is 2.80. The first-order valence-corrected chi connectivity index (χ1v) is 6.03. The van der Waals surface area contributed by atoms with Gasteiger partial charge in [0.05, 0.1) is 25.8 Å². The van der Waals surface area contributed by atoms with Crippen LogP contribution in [-0.2, 0) is 30.1 Å². The maximum atomic E-state index is 10.6. The largest absolute Gasteiger partial charge is 0.286 e. The highest BCUT2D eigenvalue weighted by molar-refractivity contribution is 7.85. The third-order valence-corrected chi connectivity index (χ3v) is 2.85. The van der Waals surface area contributed by atoms with Crippen molar-refractivity contribution in [3.05, 3.63) is 18.2 Å². The lowest BCUT2D eigenvalue weighted by Crippen LogP contribution is -2.33. The van der Waals surface area contributed by atoms with Gasteiger partial charge >= 0.3 is 0 Å². The highest BCUT2D eigenvalue weighted by atomic mass is 32.2. The van der Waals surface area contributed by atoms with Crippen LogP contribution < -0.4 is 4.57 Å². The zero-order valence-corrected chi connectivity index (χ0v) is 9.16. The molecular weight excluding hydrogens is 204 g/mol. The fraction of sp³-hybridized carbons (Fsp3) is 0.625. The van der Waals surface area contributed by atoms with Gasteiger partial charge in [-0.3, -0.25) is 4.55 Å². The van der Waals surface area contributed by atoms with Crippen LogP contribution in [0, 0.1) is 0 Å². The molecule has 0 aliphatic rings. The van der Waals surface area contributed by atoms with Crippen molar-refractivity contribution in [3.8, 4) is 0 Å². The molecule has 0 atom stereocenters. The van der Waals surface area contributed by atoms with E-state index in [-0.39, 0.29) is 5.75 Å². The third-order valence-electron chi connectivity index (χ3n) is 2.13. The Kier molecular flexibility index (Phi) is 3.28. The molecule has 1 aromatic rings. The number of hydrogen-bond donors (Lipinski definition) is 1. The molecule has 0 aliphatic carbocycles. The third kappa shape index (κ3) is 2.81. The van der Waals surface area contributed by atoms with Crippen LogP contribution in [0.15, 0.2) is 12.4 Å². The molecule has 0 fully saturated rings. The van der Waals surface area contributed by atoms with Crippen LogP contribution in [0.25, 0.3) is 0 Å². The number of aryl methyl sites for hydroxylation is 2. The molecule has 0 aliphatic heterocycles. The Morgan fingerprint density at radius 1 is 1.57 bits per heavy atom. The van der Waals surface area contributed by atoms with Gasteiger partial charge in [-0.2, -0.15) is 8.42 Å². The molecule has 5 nitrogen and oxygen atoms in total. The first-order chi connectivity index (χ1) is 6.44. The summed E-state index contributed by atoms with van der Waals surface area (Å²) in [7, 11) is -2.02. The first kappa shape index (κ1) is 11.2. The second-order valence-electron chi connectivity index (χ2n) is 3.15. The Morgan fingerprint density at radius 2 is 2.21 bits per heavy atom. The Bertz CT molecular complexity index is 408. The summed E-state index contributed by atoms with van der Waals surface area (Å²) >= 11 is 0. The fourth-order valence-electron chi connectivity index (χ4n) is 1.38. The zero-order valence-electron chi connectivity index (χ0n) is 8.34. The molecule has 0 amide bonds. The van der Waals surface area contributed by atoms with Crippen LogP contribution in [0.4, 0.5) is 0 Å². The predicted octanol–water partition coefficient (Wildman–Crippen LogP) is -0.237. The standard InChI is InChI=1S/C8H14N2O3S/c1-3-10-6-5-9(2)8(10)4-7-14(11,12)13/h5-6H,3-4,7H2,1-2H3/p+1. The van der Waals surface area contributed by atoms with Crippen molar-refractivity contribution in [2.75, 3.05) is 5.75 Å². The van der Waals surface area contributed by atoms with E-state index in [4.69, 9.17) is 4.55 Å². The minimum atomic E-state index is -3.87. The van der Waals surface area contributed by atoms with E-state index < -0.39 is 10.1 Å². The zero-order chi connectivity index (χ0) is 10.8. The van der Waals surface area contributed by atoms with E-state index in [1.807, 2.05) is 35.5 Å². The molecular formula is C8H15N2O3S+. The molecule has 0 unspecified atom stereocenters. The molecule has 80 valence electrons. The van der Waals surface area contributed by atoms with Crippen molar-refractivity contribution < 1.29 is 17.5 Å². The van der Waals surface area contributed by atoms with Crippen LogP contribution in [0.5, 0.6) is 0 Å². The molecule has 0 radical (unpaired) electrons. The summed E-state index contributed by atoms with van der Waals surface area (Å²) < 4.78 is 33.6. The van der Waals surface area contributed by atoms with Gasteiger partial charge in [-0.05, 0) is 6.92 Å². The van der Waals surface area contributed by atoms with Gasteiger partial charge in [-0.25, -0.2) is 9.13 Å². The van der Waals surface area contributed by atoms with E-state index in [0.29, 0.717) is 6.42 Å². The molecule has 1 N–H and O–H groups in total. The number of hydrogen-bond acceptors (Lipinski definition) is 2. The topological polar surface area (TPSA) is 63.2 Å². The molecule has 0 spiro atoms.